The number of aromatic nitrogens is 1. The lowest BCUT2D eigenvalue weighted by atomic mass is 9.99. The van der Waals surface area contributed by atoms with Crippen molar-refractivity contribution in [3.63, 3.8) is 0 Å². The molecule has 1 aliphatic heterocycles. The summed E-state index contributed by atoms with van der Waals surface area (Å²) in [5, 5.41) is 12.2. The van der Waals surface area contributed by atoms with Gasteiger partial charge in [0.15, 0.2) is 0 Å². The van der Waals surface area contributed by atoms with Gasteiger partial charge in [0, 0.05) is 39.4 Å². The summed E-state index contributed by atoms with van der Waals surface area (Å²) in [7, 11) is 1.58. The fourth-order valence-electron chi connectivity index (χ4n) is 3.04. The van der Waals surface area contributed by atoms with Gasteiger partial charge in [-0.25, -0.2) is 4.98 Å². The highest BCUT2D eigenvalue weighted by atomic mass is 16.1. The molecule has 0 spiro atoms. The van der Waals surface area contributed by atoms with Crippen LogP contribution in [-0.4, -0.2) is 66.8 Å². The number of piperazine rings is 1. The molecule has 2 rings (SSSR count). The number of hydrogen-bond acceptors (Lipinski definition) is 6. The first-order chi connectivity index (χ1) is 11.9. The van der Waals surface area contributed by atoms with Gasteiger partial charge in [-0.15, -0.1) is 0 Å². The lowest BCUT2D eigenvalue weighted by molar-refractivity contribution is 0.0958. The lowest BCUT2D eigenvalue weighted by Crippen LogP contribution is -2.60. The van der Waals surface area contributed by atoms with Gasteiger partial charge in [0.25, 0.3) is 5.91 Å². The molecule has 134 valence electrons. The van der Waals surface area contributed by atoms with E-state index in [-0.39, 0.29) is 17.5 Å². The Morgan fingerprint density at radius 2 is 2.28 bits per heavy atom. The summed E-state index contributed by atoms with van der Waals surface area (Å²) >= 11 is 0. The maximum absolute atomic E-state index is 11.6. The topological polar surface area (TPSA) is 84.6 Å². The molecular formula is C18H26N6O. The third-order valence-electron chi connectivity index (χ3n) is 4.43. The van der Waals surface area contributed by atoms with Gasteiger partial charge < -0.3 is 10.2 Å². The van der Waals surface area contributed by atoms with Crippen LogP contribution in [0.3, 0.4) is 0 Å². The Labute approximate surface area is 149 Å². The number of pyridine rings is 1. The van der Waals surface area contributed by atoms with Crippen molar-refractivity contribution in [1.82, 2.24) is 15.2 Å². The molecule has 1 aromatic rings. The number of rotatable bonds is 5. The second-order valence-electron chi connectivity index (χ2n) is 6.55. The van der Waals surface area contributed by atoms with Crippen LogP contribution in [-0.2, 0) is 0 Å². The first-order valence-electron chi connectivity index (χ1n) is 8.53. The average Bonchev–Trinajstić information content (AvgIpc) is 2.65. The fourth-order valence-corrected chi connectivity index (χ4v) is 3.04. The van der Waals surface area contributed by atoms with E-state index in [2.05, 4.69) is 45.0 Å². The summed E-state index contributed by atoms with van der Waals surface area (Å²) in [6.45, 7) is 9.07. The molecule has 7 nitrogen and oxygen atoms in total. The standard InChI is InChI=1S/C18H26N6O/c1-5-21-13-18(2,3)24-9-8-23(12-15(24)10-19)14-6-7-16(22-11-14)17(25)20-4/h6-7,11,13,15H,5,8-9,12H2,1-4H3,(H,20,25)/b21-13-. The van der Waals surface area contributed by atoms with Crippen molar-refractivity contribution < 1.29 is 4.79 Å². The number of hydrogen-bond donors (Lipinski definition) is 1. The largest absolute Gasteiger partial charge is 0.366 e. The van der Waals surface area contributed by atoms with Crippen LogP contribution < -0.4 is 10.2 Å². The highest BCUT2D eigenvalue weighted by Gasteiger charge is 2.36. The maximum Gasteiger partial charge on any atom is 0.269 e. The number of nitrogens with one attached hydrogen (secondary N) is 1. The van der Waals surface area contributed by atoms with Gasteiger partial charge in [0.2, 0.25) is 0 Å². The van der Waals surface area contributed by atoms with Crippen LogP contribution in [0.2, 0.25) is 0 Å². The van der Waals surface area contributed by atoms with E-state index in [1.54, 1.807) is 19.3 Å². The molecule has 2 heterocycles. The molecule has 0 aliphatic carbocycles. The van der Waals surface area contributed by atoms with Crippen LogP contribution in [0.25, 0.3) is 0 Å². The molecule has 1 fully saturated rings. The van der Waals surface area contributed by atoms with E-state index in [1.807, 2.05) is 19.2 Å². The second-order valence-corrected chi connectivity index (χ2v) is 6.55. The first-order valence-corrected chi connectivity index (χ1v) is 8.53. The average molecular weight is 342 g/mol. The molecule has 1 atom stereocenters. The Bertz CT molecular complexity index is 661. The van der Waals surface area contributed by atoms with Gasteiger partial charge in [0.1, 0.15) is 11.7 Å². The van der Waals surface area contributed by atoms with Crippen LogP contribution in [0, 0.1) is 11.3 Å². The third-order valence-corrected chi connectivity index (χ3v) is 4.43. The predicted octanol–water partition coefficient (Wildman–Crippen LogP) is 1.32. The molecule has 0 aromatic carbocycles. The van der Waals surface area contributed by atoms with E-state index in [4.69, 9.17) is 0 Å². The summed E-state index contributed by atoms with van der Waals surface area (Å²) in [5.41, 5.74) is 1.05. The minimum atomic E-state index is -0.260. The van der Waals surface area contributed by atoms with Crippen molar-refractivity contribution in [2.75, 3.05) is 38.1 Å². The van der Waals surface area contributed by atoms with Crippen molar-refractivity contribution >= 4 is 17.8 Å². The number of nitriles is 1. The van der Waals surface area contributed by atoms with Crippen LogP contribution in [0.5, 0.6) is 0 Å². The predicted molar refractivity (Wildman–Crippen MR) is 99.1 cm³/mol. The number of nitrogens with zero attached hydrogens (tertiary/aromatic N) is 5. The molecule has 0 radical (unpaired) electrons. The molecule has 25 heavy (non-hydrogen) atoms. The first kappa shape index (κ1) is 18.9. The SMILES string of the molecule is CC/N=C\C(C)(C)N1CCN(c2ccc(C(=O)NC)nc2)CC1C#N. The van der Waals surface area contributed by atoms with Gasteiger partial charge >= 0.3 is 0 Å². The molecule has 1 N–H and O–H groups in total. The zero-order chi connectivity index (χ0) is 18.4. The van der Waals surface area contributed by atoms with Gasteiger partial charge in [-0.05, 0) is 32.9 Å². The minimum absolute atomic E-state index is 0.205. The van der Waals surface area contributed by atoms with Crippen molar-refractivity contribution in [2.45, 2.75) is 32.4 Å². The quantitative estimate of drug-likeness (QED) is 0.816. The number of anilines is 1. The van der Waals surface area contributed by atoms with Crippen molar-refractivity contribution in [2.24, 2.45) is 4.99 Å². The van der Waals surface area contributed by atoms with E-state index in [0.29, 0.717) is 12.2 Å². The lowest BCUT2D eigenvalue weighted by Gasteiger charge is -2.45. The number of aliphatic imine (C=N–C) groups is 1. The molecule has 1 aromatic heterocycles. The van der Waals surface area contributed by atoms with E-state index in [0.717, 1.165) is 25.3 Å². The van der Waals surface area contributed by atoms with Crippen molar-refractivity contribution in [1.29, 1.82) is 5.26 Å². The Balaban J connectivity index is 2.12. The van der Waals surface area contributed by atoms with E-state index in [9.17, 15) is 10.1 Å². The highest BCUT2D eigenvalue weighted by Crippen LogP contribution is 2.24. The highest BCUT2D eigenvalue weighted by molar-refractivity contribution is 5.92. The molecule has 1 unspecified atom stereocenters. The van der Waals surface area contributed by atoms with Gasteiger partial charge in [0.05, 0.1) is 23.5 Å². The van der Waals surface area contributed by atoms with Crippen molar-refractivity contribution in [3.8, 4) is 6.07 Å². The number of carbonyl (C=O) groups excluding carboxylic acids is 1. The summed E-state index contributed by atoms with van der Waals surface area (Å²) in [6, 6.07) is 5.77. The molecule has 1 amide bonds. The van der Waals surface area contributed by atoms with E-state index in [1.165, 1.54) is 0 Å². The zero-order valence-electron chi connectivity index (χ0n) is 15.4. The second kappa shape index (κ2) is 8.08. The zero-order valence-corrected chi connectivity index (χ0v) is 15.4. The van der Waals surface area contributed by atoms with Crippen LogP contribution in [0.1, 0.15) is 31.3 Å². The maximum atomic E-state index is 11.6. The van der Waals surface area contributed by atoms with Crippen LogP contribution in [0.4, 0.5) is 5.69 Å². The van der Waals surface area contributed by atoms with Crippen LogP contribution >= 0.6 is 0 Å². The summed E-state index contributed by atoms with van der Waals surface area (Å²) < 4.78 is 0. The third kappa shape index (κ3) is 4.34. The van der Waals surface area contributed by atoms with Gasteiger partial charge in [-0.2, -0.15) is 5.26 Å². The Kier molecular flexibility index (Phi) is 6.10. The smallest absolute Gasteiger partial charge is 0.269 e. The molecule has 1 aliphatic rings. The summed E-state index contributed by atoms with van der Waals surface area (Å²) in [6.07, 6.45) is 3.63. The molecule has 0 bridgehead atoms. The van der Waals surface area contributed by atoms with Crippen molar-refractivity contribution in [3.05, 3.63) is 24.0 Å². The Morgan fingerprint density at radius 3 is 2.84 bits per heavy atom. The van der Waals surface area contributed by atoms with Crippen LogP contribution in [0.15, 0.2) is 23.3 Å². The molecule has 1 saturated heterocycles. The number of carbonyl (C=O) groups is 1. The monoisotopic (exact) mass is 342 g/mol. The fraction of sp³-hybridized carbons (Fsp3) is 0.556. The minimum Gasteiger partial charge on any atom is -0.366 e. The number of amides is 1. The van der Waals surface area contributed by atoms with Gasteiger partial charge in [-0.1, -0.05) is 0 Å². The summed E-state index contributed by atoms with van der Waals surface area (Å²) in [5.74, 6) is -0.205. The van der Waals surface area contributed by atoms with E-state index >= 15 is 0 Å². The molecule has 7 heteroatoms. The normalized spacial score (nSPS) is 19.0. The molecular weight excluding hydrogens is 316 g/mol. The van der Waals surface area contributed by atoms with E-state index < -0.39 is 0 Å². The Morgan fingerprint density at radius 1 is 1.52 bits per heavy atom. The Hall–Kier alpha value is -2.46. The van der Waals surface area contributed by atoms with Gasteiger partial charge in [-0.3, -0.25) is 14.7 Å². The summed E-state index contributed by atoms with van der Waals surface area (Å²) in [4.78, 5) is 24.5. The molecule has 0 saturated carbocycles.